The van der Waals surface area contributed by atoms with Crippen molar-refractivity contribution in [3.05, 3.63) is 28.8 Å². The molecule has 16 heavy (non-hydrogen) atoms. The first-order valence-corrected chi connectivity index (χ1v) is 4.51. The number of aldehydes is 1. The molecular formula is C11H10F2O3. The standard InChI is InChI=1S/C11H10F2O3/c1-6-3-8(5-14)10(16-11(12)13)4-9(6)7(2)15/h3-5,11H,1-2H3. The first kappa shape index (κ1) is 12.3. The van der Waals surface area contributed by atoms with E-state index in [-0.39, 0.29) is 22.7 Å². The van der Waals surface area contributed by atoms with Gasteiger partial charge in [-0.15, -0.1) is 0 Å². The minimum Gasteiger partial charge on any atom is -0.434 e. The lowest BCUT2D eigenvalue weighted by Gasteiger charge is -2.10. The number of benzene rings is 1. The summed E-state index contributed by atoms with van der Waals surface area (Å²) in [5.41, 5.74) is 0.820. The maximum absolute atomic E-state index is 12.0. The molecule has 0 unspecified atom stereocenters. The molecule has 0 aliphatic rings. The van der Waals surface area contributed by atoms with Gasteiger partial charge in [0.1, 0.15) is 5.75 Å². The van der Waals surface area contributed by atoms with Crippen LogP contribution in [-0.2, 0) is 0 Å². The topological polar surface area (TPSA) is 43.4 Å². The van der Waals surface area contributed by atoms with Gasteiger partial charge < -0.3 is 4.74 Å². The van der Waals surface area contributed by atoms with E-state index in [2.05, 4.69) is 4.74 Å². The average Bonchev–Trinajstić information content (AvgIpc) is 2.18. The second kappa shape index (κ2) is 4.83. The fraction of sp³-hybridized carbons (Fsp3) is 0.273. The number of hydrogen-bond acceptors (Lipinski definition) is 3. The number of alkyl halides is 2. The van der Waals surface area contributed by atoms with Gasteiger partial charge in [0, 0.05) is 5.56 Å². The van der Waals surface area contributed by atoms with Crippen molar-refractivity contribution in [2.24, 2.45) is 0 Å². The summed E-state index contributed by atoms with van der Waals surface area (Å²) in [6.07, 6.45) is 0.411. The second-order valence-corrected chi connectivity index (χ2v) is 3.26. The van der Waals surface area contributed by atoms with Gasteiger partial charge in [-0.2, -0.15) is 8.78 Å². The fourth-order valence-corrected chi connectivity index (χ4v) is 1.38. The highest BCUT2D eigenvalue weighted by molar-refractivity contribution is 5.97. The Kier molecular flexibility index (Phi) is 3.71. The molecule has 0 fully saturated rings. The summed E-state index contributed by atoms with van der Waals surface area (Å²) in [6, 6.07) is 2.51. The van der Waals surface area contributed by atoms with Crippen molar-refractivity contribution in [1.29, 1.82) is 0 Å². The Hall–Kier alpha value is -1.78. The summed E-state index contributed by atoms with van der Waals surface area (Å²) >= 11 is 0. The van der Waals surface area contributed by atoms with Crippen LogP contribution in [0, 0.1) is 6.92 Å². The molecule has 0 spiro atoms. The van der Waals surface area contributed by atoms with Crippen molar-refractivity contribution in [1.82, 2.24) is 0 Å². The Morgan fingerprint density at radius 2 is 2.06 bits per heavy atom. The van der Waals surface area contributed by atoms with Crippen LogP contribution in [-0.4, -0.2) is 18.7 Å². The molecule has 3 nitrogen and oxygen atoms in total. The zero-order valence-corrected chi connectivity index (χ0v) is 8.79. The summed E-state index contributed by atoms with van der Waals surface area (Å²) in [4.78, 5) is 21.8. The highest BCUT2D eigenvalue weighted by atomic mass is 19.3. The van der Waals surface area contributed by atoms with E-state index in [1.165, 1.54) is 13.0 Å². The van der Waals surface area contributed by atoms with Crippen LogP contribution in [0.4, 0.5) is 8.78 Å². The van der Waals surface area contributed by atoms with Crippen LogP contribution in [0.25, 0.3) is 0 Å². The average molecular weight is 228 g/mol. The molecule has 0 saturated heterocycles. The van der Waals surface area contributed by atoms with Crippen LogP contribution in [0.5, 0.6) is 5.75 Å². The predicted octanol–water partition coefficient (Wildman–Crippen LogP) is 2.61. The minimum atomic E-state index is -3.03. The van der Waals surface area contributed by atoms with E-state index in [0.29, 0.717) is 11.8 Å². The van der Waals surface area contributed by atoms with Crippen LogP contribution in [0.1, 0.15) is 33.2 Å². The maximum Gasteiger partial charge on any atom is 0.387 e. The number of ether oxygens (including phenoxy) is 1. The van der Waals surface area contributed by atoms with Crippen molar-refractivity contribution in [3.8, 4) is 5.75 Å². The summed E-state index contributed by atoms with van der Waals surface area (Å²) in [6.45, 7) is -0.0912. The van der Waals surface area contributed by atoms with Crippen LogP contribution in [0.15, 0.2) is 12.1 Å². The van der Waals surface area contributed by atoms with Crippen molar-refractivity contribution in [2.75, 3.05) is 0 Å². The number of Topliss-reactive ketones (excluding diaryl/α,β-unsaturated/α-hetero) is 1. The SMILES string of the molecule is CC(=O)c1cc(OC(F)F)c(C=O)cc1C. The Morgan fingerprint density at radius 3 is 2.50 bits per heavy atom. The van der Waals surface area contributed by atoms with E-state index in [4.69, 9.17) is 0 Å². The van der Waals surface area contributed by atoms with Gasteiger partial charge in [0.05, 0.1) is 5.56 Å². The highest BCUT2D eigenvalue weighted by Crippen LogP contribution is 2.24. The van der Waals surface area contributed by atoms with Crippen molar-refractivity contribution in [2.45, 2.75) is 20.5 Å². The quantitative estimate of drug-likeness (QED) is 0.587. The van der Waals surface area contributed by atoms with E-state index in [1.807, 2.05) is 0 Å². The molecule has 5 heteroatoms. The van der Waals surface area contributed by atoms with Gasteiger partial charge in [0.2, 0.25) is 0 Å². The molecule has 1 rings (SSSR count). The number of rotatable bonds is 4. The molecule has 0 saturated carbocycles. The molecule has 86 valence electrons. The fourth-order valence-electron chi connectivity index (χ4n) is 1.38. The van der Waals surface area contributed by atoms with Gasteiger partial charge in [0.25, 0.3) is 0 Å². The van der Waals surface area contributed by atoms with E-state index in [1.54, 1.807) is 6.92 Å². The molecular weight excluding hydrogens is 218 g/mol. The number of carbonyl (C=O) groups is 2. The molecule has 1 aromatic carbocycles. The Balaban J connectivity index is 3.28. The van der Waals surface area contributed by atoms with E-state index in [9.17, 15) is 18.4 Å². The lowest BCUT2D eigenvalue weighted by Crippen LogP contribution is -2.07. The molecule has 0 amide bonds. The third-order valence-corrected chi connectivity index (χ3v) is 2.08. The van der Waals surface area contributed by atoms with Gasteiger partial charge in [0.15, 0.2) is 12.1 Å². The zero-order chi connectivity index (χ0) is 12.3. The molecule has 0 N–H and O–H groups in total. The molecule has 0 heterocycles. The van der Waals surface area contributed by atoms with E-state index >= 15 is 0 Å². The van der Waals surface area contributed by atoms with Crippen LogP contribution >= 0.6 is 0 Å². The number of hydrogen-bond donors (Lipinski definition) is 0. The summed E-state index contributed by atoms with van der Waals surface area (Å²) in [5.74, 6) is -0.546. The predicted molar refractivity (Wildman–Crippen MR) is 53.2 cm³/mol. The first-order chi connectivity index (χ1) is 7.45. The van der Waals surface area contributed by atoms with Gasteiger partial charge >= 0.3 is 6.61 Å². The summed E-state index contributed by atoms with van der Waals surface area (Å²) < 4.78 is 28.3. The zero-order valence-electron chi connectivity index (χ0n) is 8.79. The monoisotopic (exact) mass is 228 g/mol. The summed E-state index contributed by atoms with van der Waals surface area (Å²) in [7, 11) is 0. The molecule has 0 radical (unpaired) electrons. The van der Waals surface area contributed by atoms with Crippen molar-refractivity contribution in [3.63, 3.8) is 0 Å². The van der Waals surface area contributed by atoms with E-state index < -0.39 is 6.61 Å². The smallest absolute Gasteiger partial charge is 0.387 e. The van der Waals surface area contributed by atoms with Crippen LogP contribution in [0.3, 0.4) is 0 Å². The highest BCUT2D eigenvalue weighted by Gasteiger charge is 2.14. The summed E-state index contributed by atoms with van der Waals surface area (Å²) in [5, 5.41) is 0. The van der Waals surface area contributed by atoms with E-state index in [0.717, 1.165) is 6.07 Å². The Bertz CT molecular complexity index is 427. The number of carbonyl (C=O) groups excluding carboxylic acids is 2. The molecule has 0 aliphatic carbocycles. The second-order valence-electron chi connectivity index (χ2n) is 3.26. The minimum absolute atomic E-state index is 0.00259. The van der Waals surface area contributed by atoms with Gasteiger partial charge in [-0.25, -0.2) is 0 Å². The van der Waals surface area contributed by atoms with Crippen LogP contribution in [0.2, 0.25) is 0 Å². The third kappa shape index (κ3) is 2.62. The lowest BCUT2D eigenvalue weighted by molar-refractivity contribution is -0.0501. The maximum atomic E-state index is 12.0. The Morgan fingerprint density at radius 1 is 1.44 bits per heavy atom. The number of ketones is 1. The van der Waals surface area contributed by atoms with Crippen molar-refractivity contribution >= 4 is 12.1 Å². The molecule has 1 aromatic rings. The van der Waals surface area contributed by atoms with Crippen molar-refractivity contribution < 1.29 is 23.1 Å². The Labute approximate surface area is 91.0 Å². The lowest BCUT2D eigenvalue weighted by atomic mass is 10.0. The molecule has 0 aliphatic heterocycles. The molecule has 0 aromatic heterocycles. The molecule has 0 atom stereocenters. The largest absolute Gasteiger partial charge is 0.434 e. The third-order valence-electron chi connectivity index (χ3n) is 2.08. The number of halogens is 2. The van der Waals surface area contributed by atoms with Gasteiger partial charge in [-0.05, 0) is 31.5 Å². The van der Waals surface area contributed by atoms with Crippen LogP contribution < -0.4 is 4.74 Å². The normalized spacial score (nSPS) is 10.3. The van der Waals surface area contributed by atoms with Gasteiger partial charge in [-0.1, -0.05) is 0 Å². The first-order valence-electron chi connectivity index (χ1n) is 4.51. The number of aryl methyl sites for hydroxylation is 1. The molecule has 0 bridgehead atoms. The van der Waals surface area contributed by atoms with Gasteiger partial charge in [-0.3, -0.25) is 9.59 Å².